The van der Waals surface area contributed by atoms with Gasteiger partial charge in [-0.15, -0.1) is 0 Å². The highest BCUT2D eigenvalue weighted by molar-refractivity contribution is 5.97. The maximum atomic E-state index is 12.6. The molecule has 7 nitrogen and oxygen atoms in total. The van der Waals surface area contributed by atoms with Crippen LogP contribution >= 0.6 is 0 Å². The van der Waals surface area contributed by atoms with Gasteiger partial charge in [0.15, 0.2) is 0 Å². The Kier molecular flexibility index (Phi) is 7.65. The first kappa shape index (κ1) is 22.3. The van der Waals surface area contributed by atoms with Gasteiger partial charge in [-0.1, -0.05) is 31.4 Å². The molecule has 1 fully saturated rings. The van der Waals surface area contributed by atoms with Crippen molar-refractivity contribution in [2.75, 3.05) is 19.5 Å². The van der Waals surface area contributed by atoms with E-state index in [2.05, 4.69) is 10.6 Å². The number of amides is 2. The van der Waals surface area contributed by atoms with Crippen LogP contribution in [0.4, 0.5) is 5.69 Å². The van der Waals surface area contributed by atoms with Gasteiger partial charge in [-0.3, -0.25) is 9.59 Å². The molecule has 3 rings (SSSR count). The van der Waals surface area contributed by atoms with Gasteiger partial charge >= 0.3 is 5.97 Å². The van der Waals surface area contributed by atoms with Crippen molar-refractivity contribution in [3.05, 3.63) is 59.2 Å². The van der Waals surface area contributed by atoms with Crippen molar-refractivity contribution in [3.63, 3.8) is 0 Å². The molecular formula is C24H28N2O5. The molecule has 7 heteroatoms. The molecule has 2 N–H and O–H groups in total. The normalized spacial score (nSPS) is 13.9. The van der Waals surface area contributed by atoms with Crippen LogP contribution < -0.4 is 15.4 Å². The highest BCUT2D eigenvalue weighted by Gasteiger charge is 2.22. The van der Waals surface area contributed by atoms with Crippen molar-refractivity contribution in [1.82, 2.24) is 5.32 Å². The molecule has 2 aromatic carbocycles. The Morgan fingerprint density at radius 1 is 1.00 bits per heavy atom. The monoisotopic (exact) mass is 424 g/mol. The van der Waals surface area contributed by atoms with Gasteiger partial charge in [-0.25, -0.2) is 4.79 Å². The maximum absolute atomic E-state index is 12.6. The summed E-state index contributed by atoms with van der Waals surface area (Å²) in [5, 5.41) is 5.76. The Morgan fingerprint density at radius 3 is 2.45 bits per heavy atom. The van der Waals surface area contributed by atoms with Gasteiger partial charge in [0.1, 0.15) is 5.75 Å². The van der Waals surface area contributed by atoms with Gasteiger partial charge in [-0.2, -0.15) is 0 Å². The predicted molar refractivity (Wildman–Crippen MR) is 117 cm³/mol. The molecule has 0 aromatic heterocycles. The number of para-hydroxylation sites is 1. The molecule has 0 radical (unpaired) electrons. The largest absolute Gasteiger partial charge is 0.496 e. The quantitative estimate of drug-likeness (QED) is 0.657. The summed E-state index contributed by atoms with van der Waals surface area (Å²) in [4.78, 5) is 37.3. The fraction of sp³-hybridized carbons (Fsp3) is 0.375. The third-order valence-corrected chi connectivity index (χ3v) is 5.46. The summed E-state index contributed by atoms with van der Waals surface area (Å²) in [6.07, 6.45) is 5.04. The lowest BCUT2D eigenvalue weighted by Gasteiger charge is -2.21. The SMILES string of the molecule is COC(=O)c1cc(CNC(=O)c2ccccc2OC)cc(NC(=O)C2CCCCC2)c1. The predicted octanol–water partition coefficient (Wildman–Crippen LogP) is 3.93. The van der Waals surface area contributed by atoms with Crippen molar-refractivity contribution >= 4 is 23.5 Å². The summed E-state index contributed by atoms with van der Waals surface area (Å²) in [7, 11) is 2.81. The van der Waals surface area contributed by atoms with E-state index in [9.17, 15) is 14.4 Å². The molecule has 2 aromatic rings. The highest BCUT2D eigenvalue weighted by atomic mass is 16.5. The van der Waals surface area contributed by atoms with E-state index in [1.807, 2.05) is 0 Å². The molecule has 31 heavy (non-hydrogen) atoms. The zero-order valence-electron chi connectivity index (χ0n) is 17.9. The Balaban J connectivity index is 1.75. The van der Waals surface area contributed by atoms with Gasteiger partial charge in [0, 0.05) is 18.2 Å². The van der Waals surface area contributed by atoms with Crippen LogP contribution in [0.2, 0.25) is 0 Å². The van der Waals surface area contributed by atoms with E-state index in [4.69, 9.17) is 9.47 Å². The summed E-state index contributed by atoms with van der Waals surface area (Å²) >= 11 is 0. The number of hydrogen-bond acceptors (Lipinski definition) is 5. The van der Waals surface area contributed by atoms with E-state index in [1.54, 1.807) is 42.5 Å². The minimum Gasteiger partial charge on any atom is -0.496 e. The summed E-state index contributed by atoms with van der Waals surface area (Å²) in [5.41, 5.74) is 1.91. The number of benzene rings is 2. The summed E-state index contributed by atoms with van der Waals surface area (Å²) in [6.45, 7) is 0.175. The Bertz CT molecular complexity index is 951. The summed E-state index contributed by atoms with van der Waals surface area (Å²) in [6, 6.07) is 11.9. The fourth-order valence-electron chi connectivity index (χ4n) is 3.82. The van der Waals surface area contributed by atoms with Gasteiger partial charge < -0.3 is 20.1 Å². The highest BCUT2D eigenvalue weighted by Crippen LogP contribution is 2.26. The minimum absolute atomic E-state index is 0.00997. The van der Waals surface area contributed by atoms with E-state index in [-0.39, 0.29) is 24.3 Å². The first-order valence-electron chi connectivity index (χ1n) is 10.5. The molecule has 0 aliphatic heterocycles. The minimum atomic E-state index is -0.508. The van der Waals surface area contributed by atoms with Crippen LogP contribution in [0.25, 0.3) is 0 Å². The molecule has 164 valence electrons. The van der Waals surface area contributed by atoms with Crippen molar-refractivity contribution in [3.8, 4) is 5.75 Å². The number of carbonyl (C=O) groups is 3. The molecule has 2 amide bonds. The Hall–Kier alpha value is -3.35. The lowest BCUT2D eigenvalue weighted by molar-refractivity contribution is -0.120. The molecule has 0 spiro atoms. The molecule has 0 heterocycles. The van der Waals surface area contributed by atoms with E-state index in [0.29, 0.717) is 28.1 Å². The van der Waals surface area contributed by atoms with Crippen LogP contribution in [0.5, 0.6) is 5.75 Å². The number of ether oxygens (including phenoxy) is 2. The van der Waals surface area contributed by atoms with Crippen LogP contribution in [0.1, 0.15) is 58.4 Å². The molecule has 1 aliphatic rings. The molecule has 0 atom stereocenters. The number of esters is 1. The maximum Gasteiger partial charge on any atom is 0.337 e. The molecular weight excluding hydrogens is 396 g/mol. The van der Waals surface area contributed by atoms with E-state index in [1.165, 1.54) is 14.2 Å². The smallest absolute Gasteiger partial charge is 0.337 e. The number of methoxy groups -OCH3 is 2. The molecule has 1 aliphatic carbocycles. The molecule has 0 bridgehead atoms. The summed E-state index contributed by atoms with van der Waals surface area (Å²) < 4.78 is 10.1. The standard InChI is InChI=1S/C24H28N2O5/c1-30-21-11-7-6-10-20(21)23(28)25-15-16-12-18(24(29)31-2)14-19(13-16)26-22(27)17-8-4-3-5-9-17/h6-7,10-14,17H,3-5,8-9,15H2,1-2H3,(H,25,28)(H,26,27). The molecule has 0 saturated heterocycles. The van der Waals surface area contributed by atoms with E-state index >= 15 is 0 Å². The van der Waals surface area contributed by atoms with E-state index in [0.717, 1.165) is 32.1 Å². The van der Waals surface area contributed by atoms with Gasteiger partial charge in [0.2, 0.25) is 5.91 Å². The summed E-state index contributed by atoms with van der Waals surface area (Å²) in [5.74, 6) is -0.376. The molecule has 0 unspecified atom stereocenters. The lowest BCUT2D eigenvalue weighted by atomic mass is 9.88. The van der Waals surface area contributed by atoms with Crippen LogP contribution in [0.15, 0.2) is 42.5 Å². The number of rotatable bonds is 7. The zero-order chi connectivity index (χ0) is 22.2. The van der Waals surface area contributed by atoms with Crippen LogP contribution in [0.3, 0.4) is 0 Å². The first-order chi connectivity index (χ1) is 15.0. The van der Waals surface area contributed by atoms with Gasteiger partial charge in [-0.05, 0) is 48.7 Å². The average molecular weight is 424 g/mol. The van der Waals surface area contributed by atoms with Crippen LogP contribution in [-0.4, -0.2) is 32.0 Å². The van der Waals surface area contributed by atoms with Crippen molar-refractivity contribution < 1.29 is 23.9 Å². The van der Waals surface area contributed by atoms with Gasteiger partial charge in [0.25, 0.3) is 5.91 Å². The van der Waals surface area contributed by atoms with Crippen molar-refractivity contribution in [2.24, 2.45) is 5.92 Å². The number of anilines is 1. The Morgan fingerprint density at radius 2 is 1.74 bits per heavy atom. The number of carbonyl (C=O) groups excluding carboxylic acids is 3. The Labute approximate surface area is 182 Å². The topological polar surface area (TPSA) is 93.7 Å². The van der Waals surface area contributed by atoms with Crippen LogP contribution in [0, 0.1) is 5.92 Å². The van der Waals surface area contributed by atoms with Crippen LogP contribution in [-0.2, 0) is 16.1 Å². The molecule has 1 saturated carbocycles. The fourth-order valence-corrected chi connectivity index (χ4v) is 3.82. The number of nitrogens with one attached hydrogen (secondary N) is 2. The second-order valence-electron chi connectivity index (χ2n) is 7.62. The zero-order valence-corrected chi connectivity index (χ0v) is 17.9. The van der Waals surface area contributed by atoms with Crippen molar-refractivity contribution in [1.29, 1.82) is 0 Å². The second kappa shape index (κ2) is 10.6. The van der Waals surface area contributed by atoms with Gasteiger partial charge in [0.05, 0.1) is 25.3 Å². The third-order valence-electron chi connectivity index (χ3n) is 5.46. The first-order valence-corrected chi connectivity index (χ1v) is 10.5. The van der Waals surface area contributed by atoms with Crippen molar-refractivity contribution in [2.45, 2.75) is 38.6 Å². The third kappa shape index (κ3) is 5.84. The average Bonchev–Trinajstić information content (AvgIpc) is 2.82. The second-order valence-corrected chi connectivity index (χ2v) is 7.62. The number of hydrogen-bond donors (Lipinski definition) is 2. The lowest BCUT2D eigenvalue weighted by Crippen LogP contribution is -2.25. The van der Waals surface area contributed by atoms with E-state index < -0.39 is 5.97 Å².